The molecule has 2 N–H and O–H groups in total. The lowest BCUT2D eigenvalue weighted by atomic mass is 9.78. The standard InChI is InChI=1S/C13H27N3/c1-5-13(4)6-8-16(9-7-13)12(14)15-10-11(2)3/h11H,5-10H2,1-4H3,(H2,14,15). The van der Waals surface area contributed by atoms with Crippen molar-refractivity contribution < 1.29 is 0 Å². The fourth-order valence-electron chi connectivity index (χ4n) is 2.01. The summed E-state index contributed by atoms with van der Waals surface area (Å²) in [5.41, 5.74) is 6.53. The second-order valence-corrected chi connectivity index (χ2v) is 5.74. The Hall–Kier alpha value is -0.730. The zero-order chi connectivity index (χ0) is 12.2. The molecule has 0 spiro atoms. The van der Waals surface area contributed by atoms with E-state index in [2.05, 4.69) is 37.6 Å². The van der Waals surface area contributed by atoms with E-state index in [-0.39, 0.29) is 0 Å². The minimum atomic E-state index is 0.523. The molecule has 0 aromatic rings. The Bertz CT molecular complexity index is 238. The maximum Gasteiger partial charge on any atom is 0.191 e. The van der Waals surface area contributed by atoms with Crippen LogP contribution in [0.25, 0.3) is 0 Å². The van der Waals surface area contributed by atoms with Crippen molar-refractivity contribution in [2.24, 2.45) is 22.1 Å². The van der Waals surface area contributed by atoms with Gasteiger partial charge in [-0.2, -0.15) is 0 Å². The molecule has 94 valence electrons. The van der Waals surface area contributed by atoms with Gasteiger partial charge in [-0.3, -0.25) is 4.99 Å². The van der Waals surface area contributed by atoms with Crippen LogP contribution in [0.15, 0.2) is 4.99 Å². The van der Waals surface area contributed by atoms with Crippen molar-refractivity contribution in [3.05, 3.63) is 0 Å². The van der Waals surface area contributed by atoms with Gasteiger partial charge in [0.25, 0.3) is 0 Å². The number of aliphatic imine (C=N–C) groups is 1. The zero-order valence-corrected chi connectivity index (χ0v) is 11.3. The first-order valence-corrected chi connectivity index (χ1v) is 6.52. The first-order valence-electron chi connectivity index (χ1n) is 6.52. The number of hydrogen-bond acceptors (Lipinski definition) is 1. The molecule has 1 fully saturated rings. The number of likely N-dealkylation sites (tertiary alicyclic amines) is 1. The third-order valence-corrected chi connectivity index (χ3v) is 3.77. The quantitative estimate of drug-likeness (QED) is 0.592. The summed E-state index contributed by atoms with van der Waals surface area (Å²) in [6, 6.07) is 0. The fraction of sp³-hybridized carbons (Fsp3) is 0.923. The number of piperidine rings is 1. The SMILES string of the molecule is CCC1(C)CCN(C(N)=NCC(C)C)CC1. The highest BCUT2D eigenvalue weighted by atomic mass is 15.3. The molecule has 1 aliphatic rings. The third-order valence-electron chi connectivity index (χ3n) is 3.77. The predicted octanol–water partition coefficient (Wildman–Crippen LogP) is 2.47. The van der Waals surface area contributed by atoms with Crippen LogP contribution in [0.3, 0.4) is 0 Å². The van der Waals surface area contributed by atoms with Crippen molar-refractivity contribution in [2.75, 3.05) is 19.6 Å². The van der Waals surface area contributed by atoms with Crippen LogP contribution in [-0.2, 0) is 0 Å². The lowest BCUT2D eigenvalue weighted by Crippen LogP contribution is -2.45. The van der Waals surface area contributed by atoms with Crippen molar-refractivity contribution in [2.45, 2.75) is 47.0 Å². The summed E-state index contributed by atoms with van der Waals surface area (Å²) in [5.74, 6) is 1.33. The Morgan fingerprint density at radius 1 is 1.38 bits per heavy atom. The molecule has 16 heavy (non-hydrogen) atoms. The molecule has 0 saturated carbocycles. The molecule has 0 aliphatic carbocycles. The highest BCUT2D eigenvalue weighted by Gasteiger charge is 2.28. The van der Waals surface area contributed by atoms with Gasteiger partial charge < -0.3 is 10.6 Å². The molecule has 0 aromatic heterocycles. The monoisotopic (exact) mass is 225 g/mol. The second-order valence-electron chi connectivity index (χ2n) is 5.74. The Morgan fingerprint density at radius 3 is 2.38 bits per heavy atom. The van der Waals surface area contributed by atoms with Gasteiger partial charge in [-0.05, 0) is 24.2 Å². The van der Waals surface area contributed by atoms with Crippen molar-refractivity contribution in [1.82, 2.24) is 4.90 Å². The summed E-state index contributed by atoms with van der Waals surface area (Å²) in [5, 5.41) is 0. The molecule has 1 saturated heterocycles. The Balaban J connectivity index is 2.44. The van der Waals surface area contributed by atoms with Crippen molar-refractivity contribution >= 4 is 5.96 Å². The number of nitrogens with two attached hydrogens (primary N) is 1. The van der Waals surface area contributed by atoms with Crippen LogP contribution in [0.2, 0.25) is 0 Å². The van der Waals surface area contributed by atoms with Crippen LogP contribution in [-0.4, -0.2) is 30.5 Å². The molecule has 3 nitrogen and oxygen atoms in total. The average Bonchev–Trinajstić information content (AvgIpc) is 2.27. The molecule has 1 aliphatic heterocycles. The van der Waals surface area contributed by atoms with Gasteiger partial charge >= 0.3 is 0 Å². The molecular formula is C13H27N3. The topological polar surface area (TPSA) is 41.6 Å². The van der Waals surface area contributed by atoms with E-state index in [1.807, 2.05) is 0 Å². The number of rotatable bonds is 3. The molecule has 0 amide bonds. The summed E-state index contributed by atoms with van der Waals surface area (Å²) in [6.07, 6.45) is 3.74. The minimum Gasteiger partial charge on any atom is -0.370 e. The fourth-order valence-corrected chi connectivity index (χ4v) is 2.01. The van der Waals surface area contributed by atoms with E-state index in [0.717, 1.165) is 25.6 Å². The largest absolute Gasteiger partial charge is 0.370 e. The van der Waals surface area contributed by atoms with Crippen LogP contribution in [0.1, 0.15) is 47.0 Å². The lowest BCUT2D eigenvalue weighted by Gasteiger charge is -2.39. The number of nitrogens with zero attached hydrogens (tertiary/aromatic N) is 2. The van der Waals surface area contributed by atoms with Crippen molar-refractivity contribution in [1.29, 1.82) is 0 Å². The normalized spacial score (nSPS) is 21.6. The predicted molar refractivity (Wildman–Crippen MR) is 70.5 cm³/mol. The number of guanidine groups is 1. The van der Waals surface area contributed by atoms with Crippen molar-refractivity contribution in [3.63, 3.8) is 0 Å². The maximum absolute atomic E-state index is 6.00. The van der Waals surface area contributed by atoms with Gasteiger partial charge in [0.1, 0.15) is 0 Å². The first kappa shape index (κ1) is 13.3. The van der Waals surface area contributed by atoms with E-state index in [4.69, 9.17) is 5.73 Å². The Kier molecular flexibility index (Phi) is 4.63. The summed E-state index contributed by atoms with van der Waals surface area (Å²) < 4.78 is 0. The molecule has 0 bridgehead atoms. The Labute approximate surface area is 100 Å². The van der Waals surface area contributed by atoms with Gasteiger partial charge in [-0.1, -0.05) is 34.1 Å². The smallest absolute Gasteiger partial charge is 0.191 e. The minimum absolute atomic E-state index is 0.523. The lowest BCUT2D eigenvalue weighted by molar-refractivity contribution is 0.161. The van der Waals surface area contributed by atoms with Crippen LogP contribution in [0.5, 0.6) is 0 Å². The van der Waals surface area contributed by atoms with E-state index in [1.165, 1.54) is 19.3 Å². The van der Waals surface area contributed by atoms with Gasteiger partial charge in [-0.25, -0.2) is 0 Å². The molecule has 1 rings (SSSR count). The third kappa shape index (κ3) is 3.69. The summed E-state index contributed by atoms with van der Waals surface area (Å²) >= 11 is 0. The Morgan fingerprint density at radius 2 is 1.94 bits per heavy atom. The van der Waals surface area contributed by atoms with Crippen LogP contribution >= 0.6 is 0 Å². The van der Waals surface area contributed by atoms with E-state index in [1.54, 1.807) is 0 Å². The maximum atomic E-state index is 6.00. The summed E-state index contributed by atoms with van der Waals surface area (Å²) in [6.45, 7) is 12.0. The van der Waals surface area contributed by atoms with Crippen LogP contribution in [0.4, 0.5) is 0 Å². The molecule has 0 unspecified atom stereocenters. The molecule has 1 heterocycles. The van der Waals surface area contributed by atoms with Crippen LogP contribution < -0.4 is 5.73 Å². The molecule has 0 aromatic carbocycles. The zero-order valence-electron chi connectivity index (χ0n) is 11.3. The van der Waals surface area contributed by atoms with Gasteiger partial charge in [0.15, 0.2) is 5.96 Å². The van der Waals surface area contributed by atoms with Gasteiger partial charge in [0.05, 0.1) is 0 Å². The van der Waals surface area contributed by atoms with Crippen LogP contribution in [0, 0.1) is 11.3 Å². The van der Waals surface area contributed by atoms with E-state index in [0.29, 0.717) is 11.3 Å². The van der Waals surface area contributed by atoms with E-state index in [9.17, 15) is 0 Å². The number of hydrogen-bond donors (Lipinski definition) is 1. The highest BCUT2D eigenvalue weighted by molar-refractivity contribution is 5.78. The highest BCUT2D eigenvalue weighted by Crippen LogP contribution is 2.33. The summed E-state index contributed by atoms with van der Waals surface area (Å²) in [7, 11) is 0. The molecular weight excluding hydrogens is 198 g/mol. The summed E-state index contributed by atoms with van der Waals surface area (Å²) in [4.78, 5) is 6.68. The molecule has 3 heteroatoms. The van der Waals surface area contributed by atoms with Gasteiger partial charge in [-0.15, -0.1) is 0 Å². The second kappa shape index (κ2) is 5.55. The van der Waals surface area contributed by atoms with Crippen molar-refractivity contribution in [3.8, 4) is 0 Å². The molecule has 0 atom stereocenters. The first-order chi connectivity index (χ1) is 7.47. The van der Waals surface area contributed by atoms with E-state index >= 15 is 0 Å². The van der Waals surface area contributed by atoms with Gasteiger partial charge in [0, 0.05) is 19.6 Å². The van der Waals surface area contributed by atoms with Gasteiger partial charge in [0.2, 0.25) is 0 Å². The van der Waals surface area contributed by atoms with E-state index < -0.39 is 0 Å². The molecule has 0 radical (unpaired) electrons. The average molecular weight is 225 g/mol.